The number of ether oxygens (including phenoxy) is 1. The second-order valence-corrected chi connectivity index (χ2v) is 5.01. The average Bonchev–Trinajstić information content (AvgIpc) is 2.54. The Morgan fingerprint density at radius 2 is 1.79 bits per heavy atom. The quantitative estimate of drug-likeness (QED) is 0.676. The summed E-state index contributed by atoms with van der Waals surface area (Å²) in [5.41, 5.74) is -0.542. The Hall–Kier alpha value is -3.48. The van der Waals surface area contributed by atoms with Gasteiger partial charge in [0.25, 0.3) is 0 Å². The van der Waals surface area contributed by atoms with Crippen molar-refractivity contribution in [2.24, 2.45) is 0 Å². The molecule has 2 aromatic carbocycles. The molecule has 3 aromatic rings. The van der Waals surface area contributed by atoms with Crippen molar-refractivity contribution in [1.29, 1.82) is 0 Å². The van der Waals surface area contributed by atoms with E-state index in [2.05, 4.69) is 0 Å². The van der Waals surface area contributed by atoms with Gasteiger partial charge in [-0.2, -0.15) is 0 Å². The van der Waals surface area contributed by atoms with Crippen LogP contribution in [0, 0.1) is 0 Å². The molecule has 1 aromatic heterocycles. The number of fused-ring (bicyclic) bond motifs is 1. The molecule has 3 N–H and O–H groups in total. The maximum Gasteiger partial charge on any atom is 0.339 e. The van der Waals surface area contributed by atoms with E-state index < -0.39 is 17.1 Å². The molecule has 0 atom stereocenters. The summed E-state index contributed by atoms with van der Waals surface area (Å²) in [6, 6.07) is 8.03. The Morgan fingerprint density at radius 3 is 2.38 bits per heavy atom. The van der Waals surface area contributed by atoms with Crippen molar-refractivity contribution >= 4 is 16.9 Å². The predicted octanol–water partition coefficient (Wildman–Crippen LogP) is 2.58. The number of rotatable bonds is 3. The Balaban J connectivity index is 2.39. The van der Waals surface area contributed by atoms with E-state index in [4.69, 9.17) is 9.15 Å². The lowest BCUT2D eigenvalue weighted by molar-refractivity contribution is 0.0693. The number of aromatic carboxylic acids is 1. The second-order valence-electron chi connectivity index (χ2n) is 5.01. The first-order chi connectivity index (χ1) is 11.4. The lowest BCUT2D eigenvalue weighted by Gasteiger charge is -2.11. The summed E-state index contributed by atoms with van der Waals surface area (Å²) in [5.74, 6) is -1.80. The van der Waals surface area contributed by atoms with E-state index in [9.17, 15) is 24.9 Å². The summed E-state index contributed by atoms with van der Waals surface area (Å²) in [7, 11) is 1.24. The fraction of sp³-hybridized carbons (Fsp3) is 0.0588. The molecule has 0 spiro atoms. The highest BCUT2D eigenvalue weighted by atomic mass is 16.5. The zero-order valence-electron chi connectivity index (χ0n) is 12.4. The topological polar surface area (TPSA) is 117 Å². The zero-order valence-corrected chi connectivity index (χ0v) is 12.4. The third-order valence-corrected chi connectivity index (χ3v) is 3.52. The largest absolute Gasteiger partial charge is 0.508 e. The molecular formula is C17H12O7. The number of phenols is 2. The molecule has 0 aliphatic heterocycles. The van der Waals surface area contributed by atoms with Crippen LogP contribution >= 0.6 is 0 Å². The predicted molar refractivity (Wildman–Crippen MR) is 84.8 cm³/mol. The summed E-state index contributed by atoms with van der Waals surface area (Å²) in [5, 5.41) is 28.4. The van der Waals surface area contributed by atoms with Crippen LogP contribution in [0.3, 0.4) is 0 Å². The van der Waals surface area contributed by atoms with Gasteiger partial charge in [-0.15, -0.1) is 0 Å². The van der Waals surface area contributed by atoms with Gasteiger partial charge >= 0.3 is 5.97 Å². The van der Waals surface area contributed by atoms with E-state index in [0.29, 0.717) is 5.56 Å². The van der Waals surface area contributed by atoms with Gasteiger partial charge in [0, 0.05) is 11.6 Å². The molecule has 0 saturated carbocycles. The van der Waals surface area contributed by atoms with Crippen LogP contribution in [-0.2, 0) is 0 Å². The van der Waals surface area contributed by atoms with Crippen LogP contribution in [0.15, 0.2) is 45.6 Å². The van der Waals surface area contributed by atoms with Crippen LogP contribution in [0.2, 0.25) is 0 Å². The van der Waals surface area contributed by atoms with Crippen LogP contribution in [-0.4, -0.2) is 28.4 Å². The fourth-order valence-corrected chi connectivity index (χ4v) is 2.42. The Bertz CT molecular complexity index is 1000. The maximum atomic E-state index is 12.3. The van der Waals surface area contributed by atoms with Gasteiger partial charge in [-0.25, -0.2) is 4.79 Å². The average molecular weight is 328 g/mol. The molecule has 0 saturated heterocycles. The zero-order chi connectivity index (χ0) is 17.4. The molecule has 0 bridgehead atoms. The molecule has 0 unspecified atom stereocenters. The van der Waals surface area contributed by atoms with Gasteiger partial charge in [0.2, 0.25) is 0 Å². The highest BCUT2D eigenvalue weighted by molar-refractivity contribution is 6.01. The summed E-state index contributed by atoms with van der Waals surface area (Å²) in [6.45, 7) is 0. The minimum absolute atomic E-state index is 0.0466. The van der Waals surface area contributed by atoms with Crippen LogP contribution in [0.25, 0.3) is 22.3 Å². The van der Waals surface area contributed by atoms with Crippen LogP contribution in [0.1, 0.15) is 10.4 Å². The first-order valence-electron chi connectivity index (χ1n) is 6.83. The molecule has 0 aliphatic carbocycles. The van der Waals surface area contributed by atoms with Crippen molar-refractivity contribution in [2.45, 2.75) is 0 Å². The van der Waals surface area contributed by atoms with Crippen LogP contribution in [0.4, 0.5) is 0 Å². The summed E-state index contributed by atoms with van der Waals surface area (Å²) >= 11 is 0. The number of carboxylic acid groups (broad SMARTS) is 1. The SMILES string of the molecule is COc1c(C(=O)O)cc(O)c2c(=O)cc(-c3ccc(O)cc3)oc12. The van der Waals surface area contributed by atoms with Gasteiger partial charge in [-0.3, -0.25) is 4.79 Å². The van der Waals surface area contributed by atoms with Gasteiger partial charge in [-0.05, 0) is 30.3 Å². The van der Waals surface area contributed by atoms with E-state index >= 15 is 0 Å². The van der Waals surface area contributed by atoms with E-state index in [-0.39, 0.29) is 33.8 Å². The third-order valence-electron chi connectivity index (χ3n) is 3.52. The standard InChI is InChI=1S/C17H12O7/c1-23-15-10(17(21)22)6-11(19)14-12(20)7-13(24-16(14)15)8-2-4-9(18)5-3-8/h2-7,18-19H,1H3,(H,21,22). The molecule has 24 heavy (non-hydrogen) atoms. The lowest BCUT2D eigenvalue weighted by Crippen LogP contribution is -2.06. The number of benzene rings is 2. The first-order valence-corrected chi connectivity index (χ1v) is 6.83. The van der Waals surface area contributed by atoms with Crippen molar-refractivity contribution in [3.8, 4) is 28.6 Å². The van der Waals surface area contributed by atoms with Crippen molar-refractivity contribution in [3.63, 3.8) is 0 Å². The molecule has 0 amide bonds. The molecule has 1 heterocycles. The molecular weight excluding hydrogens is 316 g/mol. The molecule has 7 nitrogen and oxygen atoms in total. The van der Waals surface area contributed by atoms with Gasteiger partial charge in [0.05, 0.1) is 7.11 Å². The van der Waals surface area contributed by atoms with E-state index in [1.807, 2.05) is 0 Å². The molecule has 0 aliphatic rings. The molecule has 3 rings (SSSR count). The summed E-state index contributed by atoms with van der Waals surface area (Å²) in [4.78, 5) is 23.7. The molecule has 122 valence electrons. The Labute approximate surface area is 135 Å². The molecule has 0 fully saturated rings. The summed E-state index contributed by atoms with van der Waals surface area (Å²) in [6.07, 6.45) is 0. The van der Waals surface area contributed by atoms with E-state index in [0.717, 1.165) is 6.07 Å². The highest BCUT2D eigenvalue weighted by Gasteiger charge is 2.22. The molecule has 7 heteroatoms. The normalized spacial score (nSPS) is 10.7. The minimum Gasteiger partial charge on any atom is -0.508 e. The Morgan fingerprint density at radius 1 is 1.12 bits per heavy atom. The number of carboxylic acids is 1. The minimum atomic E-state index is -1.33. The van der Waals surface area contributed by atoms with Crippen LogP contribution < -0.4 is 10.2 Å². The number of carbonyl (C=O) groups is 1. The number of methoxy groups -OCH3 is 1. The third kappa shape index (κ3) is 2.41. The number of phenolic OH excluding ortho intramolecular Hbond substituents is 2. The van der Waals surface area contributed by atoms with Crippen molar-refractivity contribution < 1.29 is 29.3 Å². The number of aromatic hydroxyl groups is 2. The van der Waals surface area contributed by atoms with E-state index in [1.54, 1.807) is 0 Å². The summed E-state index contributed by atoms with van der Waals surface area (Å²) < 4.78 is 10.7. The van der Waals surface area contributed by atoms with E-state index in [1.165, 1.54) is 37.4 Å². The monoisotopic (exact) mass is 328 g/mol. The second kappa shape index (κ2) is 5.62. The maximum absolute atomic E-state index is 12.3. The smallest absolute Gasteiger partial charge is 0.339 e. The van der Waals surface area contributed by atoms with Crippen LogP contribution in [0.5, 0.6) is 17.2 Å². The fourth-order valence-electron chi connectivity index (χ4n) is 2.42. The lowest BCUT2D eigenvalue weighted by atomic mass is 10.1. The Kier molecular flexibility index (Phi) is 3.61. The van der Waals surface area contributed by atoms with Crippen molar-refractivity contribution in [2.75, 3.05) is 7.11 Å². The number of hydrogen-bond acceptors (Lipinski definition) is 6. The van der Waals surface area contributed by atoms with Crippen molar-refractivity contribution in [1.82, 2.24) is 0 Å². The highest BCUT2D eigenvalue weighted by Crippen LogP contribution is 2.36. The van der Waals surface area contributed by atoms with Gasteiger partial charge in [0.1, 0.15) is 28.2 Å². The van der Waals surface area contributed by atoms with Gasteiger partial charge < -0.3 is 24.5 Å². The van der Waals surface area contributed by atoms with Crippen molar-refractivity contribution in [3.05, 3.63) is 52.2 Å². The molecule has 0 radical (unpaired) electrons. The first kappa shape index (κ1) is 15.4. The number of hydrogen-bond donors (Lipinski definition) is 3. The van der Waals surface area contributed by atoms with Gasteiger partial charge in [-0.1, -0.05) is 0 Å². The van der Waals surface area contributed by atoms with Gasteiger partial charge in [0.15, 0.2) is 16.8 Å².